The summed E-state index contributed by atoms with van der Waals surface area (Å²) < 4.78 is 0. The number of hydrogen-bond acceptors (Lipinski definition) is 4. The van der Waals surface area contributed by atoms with Crippen LogP contribution >= 0.6 is 11.6 Å². The van der Waals surface area contributed by atoms with Gasteiger partial charge >= 0.3 is 6.03 Å². The van der Waals surface area contributed by atoms with Gasteiger partial charge in [0.15, 0.2) is 0 Å². The van der Waals surface area contributed by atoms with Gasteiger partial charge in [0, 0.05) is 16.8 Å². The Bertz CT molecular complexity index is 644. The number of amides is 2. The number of phenols is 1. The first-order valence-electron chi connectivity index (χ1n) is 5.58. The largest absolute Gasteiger partial charge is 0.508 e. The van der Waals surface area contributed by atoms with Crippen LogP contribution in [0.2, 0.25) is 5.02 Å². The predicted octanol–water partition coefficient (Wildman–Crippen LogP) is 4.09. The van der Waals surface area contributed by atoms with Gasteiger partial charge in [-0.25, -0.2) is 4.79 Å². The van der Waals surface area contributed by atoms with E-state index in [0.717, 1.165) is 6.07 Å². The van der Waals surface area contributed by atoms with Crippen LogP contribution in [0.5, 0.6) is 5.75 Å². The van der Waals surface area contributed by atoms with E-state index >= 15 is 0 Å². The standard InChI is InChI=1S/C13H10ClN3O3/c14-8-1-3-9(4-2-8)15-13(19)16-11-6-5-10(18)7-12(11)17-20/h1-7,18H,(H2,15,16,19). The molecule has 0 radical (unpaired) electrons. The molecule has 0 bridgehead atoms. The van der Waals surface area contributed by atoms with E-state index in [4.69, 9.17) is 11.6 Å². The number of urea groups is 1. The second-order valence-electron chi connectivity index (χ2n) is 3.88. The fourth-order valence-electron chi connectivity index (χ4n) is 1.52. The van der Waals surface area contributed by atoms with Crippen molar-refractivity contribution in [2.24, 2.45) is 5.18 Å². The van der Waals surface area contributed by atoms with E-state index in [1.54, 1.807) is 24.3 Å². The molecule has 2 amide bonds. The SMILES string of the molecule is O=Nc1cc(O)ccc1NC(=O)Nc1ccc(Cl)cc1. The zero-order valence-electron chi connectivity index (χ0n) is 10.1. The van der Waals surface area contributed by atoms with Crippen molar-refractivity contribution < 1.29 is 9.90 Å². The molecule has 7 heteroatoms. The summed E-state index contributed by atoms with van der Waals surface area (Å²) in [5.41, 5.74) is 0.687. The second kappa shape index (κ2) is 6.03. The number of nitrogens with zero attached hydrogens (tertiary/aromatic N) is 1. The number of anilines is 2. The number of hydrogen-bond donors (Lipinski definition) is 3. The van der Waals surface area contributed by atoms with Crippen LogP contribution in [-0.2, 0) is 0 Å². The molecule has 0 heterocycles. The quantitative estimate of drug-likeness (QED) is 0.587. The van der Waals surface area contributed by atoms with Crippen LogP contribution in [0.15, 0.2) is 47.6 Å². The maximum absolute atomic E-state index is 11.8. The average molecular weight is 292 g/mol. The van der Waals surface area contributed by atoms with Crippen molar-refractivity contribution >= 4 is 34.7 Å². The predicted molar refractivity (Wildman–Crippen MR) is 77.7 cm³/mol. The van der Waals surface area contributed by atoms with Gasteiger partial charge in [-0.05, 0) is 41.6 Å². The fraction of sp³-hybridized carbons (Fsp3) is 0. The van der Waals surface area contributed by atoms with E-state index in [9.17, 15) is 14.8 Å². The van der Waals surface area contributed by atoms with Gasteiger partial charge in [-0.1, -0.05) is 11.6 Å². The van der Waals surface area contributed by atoms with Crippen molar-refractivity contribution in [2.45, 2.75) is 0 Å². The first-order chi connectivity index (χ1) is 9.58. The zero-order chi connectivity index (χ0) is 14.5. The van der Waals surface area contributed by atoms with Gasteiger partial charge < -0.3 is 15.7 Å². The van der Waals surface area contributed by atoms with Crippen molar-refractivity contribution in [1.82, 2.24) is 0 Å². The molecule has 20 heavy (non-hydrogen) atoms. The number of aromatic hydroxyl groups is 1. The van der Waals surface area contributed by atoms with Crippen molar-refractivity contribution in [1.29, 1.82) is 0 Å². The topological polar surface area (TPSA) is 90.8 Å². The Morgan fingerprint density at radius 3 is 2.45 bits per heavy atom. The Labute approximate surface area is 119 Å². The van der Waals surface area contributed by atoms with Crippen LogP contribution in [0, 0.1) is 4.91 Å². The monoisotopic (exact) mass is 291 g/mol. The molecule has 0 aliphatic carbocycles. The zero-order valence-corrected chi connectivity index (χ0v) is 10.9. The second-order valence-corrected chi connectivity index (χ2v) is 4.32. The van der Waals surface area contributed by atoms with Crippen LogP contribution in [0.25, 0.3) is 0 Å². The molecule has 0 spiro atoms. The third-order valence-corrected chi connectivity index (χ3v) is 2.68. The lowest BCUT2D eigenvalue weighted by Crippen LogP contribution is -2.19. The van der Waals surface area contributed by atoms with Gasteiger partial charge in [0.05, 0.1) is 5.69 Å². The first kappa shape index (κ1) is 13.8. The Morgan fingerprint density at radius 1 is 1.10 bits per heavy atom. The highest BCUT2D eigenvalue weighted by Crippen LogP contribution is 2.28. The van der Waals surface area contributed by atoms with E-state index in [1.165, 1.54) is 12.1 Å². The van der Waals surface area contributed by atoms with E-state index in [2.05, 4.69) is 15.8 Å². The minimum absolute atomic E-state index is 0.0590. The van der Waals surface area contributed by atoms with Crippen LogP contribution < -0.4 is 10.6 Å². The summed E-state index contributed by atoms with van der Waals surface area (Å²) >= 11 is 5.73. The van der Waals surface area contributed by atoms with Crippen molar-refractivity contribution in [3.8, 4) is 5.75 Å². The van der Waals surface area contributed by atoms with Crippen LogP contribution in [0.1, 0.15) is 0 Å². The minimum atomic E-state index is -0.539. The lowest BCUT2D eigenvalue weighted by Gasteiger charge is -2.09. The fourth-order valence-corrected chi connectivity index (χ4v) is 1.65. The molecule has 2 rings (SSSR count). The molecule has 0 unspecified atom stereocenters. The molecule has 102 valence electrons. The lowest BCUT2D eigenvalue weighted by molar-refractivity contribution is 0.262. The molecule has 0 aromatic heterocycles. The third-order valence-electron chi connectivity index (χ3n) is 2.43. The summed E-state index contributed by atoms with van der Waals surface area (Å²) in [4.78, 5) is 22.4. The number of phenolic OH excluding ortho intramolecular Hbond substituents is 1. The summed E-state index contributed by atoms with van der Waals surface area (Å²) in [7, 11) is 0. The molecule has 0 aliphatic heterocycles. The number of nitroso groups, excluding NO2 is 1. The van der Waals surface area contributed by atoms with E-state index < -0.39 is 6.03 Å². The summed E-state index contributed by atoms with van der Waals surface area (Å²) in [6.45, 7) is 0. The van der Waals surface area contributed by atoms with Gasteiger partial charge in [0.1, 0.15) is 11.4 Å². The average Bonchev–Trinajstić information content (AvgIpc) is 2.43. The molecule has 2 aromatic carbocycles. The molecule has 0 saturated heterocycles. The van der Waals surface area contributed by atoms with Gasteiger partial charge in [-0.3, -0.25) is 0 Å². The van der Waals surface area contributed by atoms with E-state index in [0.29, 0.717) is 10.7 Å². The summed E-state index contributed by atoms with van der Waals surface area (Å²) in [6, 6.07) is 9.88. The number of halogens is 1. The van der Waals surface area contributed by atoms with Crippen LogP contribution in [0.3, 0.4) is 0 Å². The molecule has 2 aromatic rings. The number of rotatable bonds is 3. The summed E-state index contributed by atoms with van der Waals surface area (Å²) in [5.74, 6) is -0.108. The number of carbonyl (C=O) groups excluding carboxylic acids is 1. The van der Waals surface area contributed by atoms with Crippen molar-refractivity contribution in [3.63, 3.8) is 0 Å². The Hall–Kier alpha value is -2.60. The highest BCUT2D eigenvalue weighted by molar-refractivity contribution is 6.30. The number of nitrogens with one attached hydrogen (secondary N) is 2. The van der Waals surface area contributed by atoms with Crippen LogP contribution in [0.4, 0.5) is 21.9 Å². The summed E-state index contributed by atoms with van der Waals surface area (Å²) in [6.07, 6.45) is 0. The molecular formula is C13H10ClN3O3. The van der Waals surface area contributed by atoms with Gasteiger partial charge in [0.25, 0.3) is 0 Å². The maximum atomic E-state index is 11.8. The molecule has 6 nitrogen and oxygen atoms in total. The Balaban J connectivity index is 2.08. The van der Waals surface area contributed by atoms with Crippen molar-refractivity contribution in [3.05, 3.63) is 52.4 Å². The van der Waals surface area contributed by atoms with Crippen molar-refractivity contribution in [2.75, 3.05) is 10.6 Å². The molecule has 0 aliphatic rings. The van der Waals surface area contributed by atoms with E-state index in [1.807, 2.05) is 0 Å². The molecule has 0 saturated carbocycles. The minimum Gasteiger partial charge on any atom is -0.508 e. The Kier molecular flexibility index (Phi) is 4.17. The number of benzene rings is 2. The molecule has 0 atom stereocenters. The molecular weight excluding hydrogens is 282 g/mol. The highest BCUT2D eigenvalue weighted by atomic mass is 35.5. The Morgan fingerprint density at radius 2 is 1.80 bits per heavy atom. The van der Waals surface area contributed by atoms with Crippen LogP contribution in [-0.4, -0.2) is 11.1 Å². The maximum Gasteiger partial charge on any atom is 0.323 e. The van der Waals surface area contributed by atoms with Gasteiger partial charge in [-0.15, -0.1) is 4.91 Å². The van der Waals surface area contributed by atoms with E-state index in [-0.39, 0.29) is 17.1 Å². The number of carbonyl (C=O) groups is 1. The molecule has 0 fully saturated rings. The lowest BCUT2D eigenvalue weighted by atomic mass is 10.2. The normalized spacial score (nSPS) is 9.85. The highest BCUT2D eigenvalue weighted by Gasteiger charge is 2.08. The molecule has 3 N–H and O–H groups in total. The first-order valence-corrected chi connectivity index (χ1v) is 5.96. The van der Waals surface area contributed by atoms with Gasteiger partial charge in [0.2, 0.25) is 0 Å². The third kappa shape index (κ3) is 3.46. The summed E-state index contributed by atoms with van der Waals surface area (Å²) in [5, 5.41) is 17.5. The smallest absolute Gasteiger partial charge is 0.323 e. The van der Waals surface area contributed by atoms with Gasteiger partial charge in [-0.2, -0.15) is 0 Å².